The van der Waals surface area contributed by atoms with Crippen molar-refractivity contribution in [3.05, 3.63) is 60.7 Å². The van der Waals surface area contributed by atoms with Gasteiger partial charge in [-0.3, -0.25) is 0 Å². The molecule has 3 aromatic carbocycles. The molecule has 0 amide bonds. The Morgan fingerprint density at radius 1 is 0.893 bits per heavy atom. The van der Waals surface area contributed by atoms with E-state index in [-0.39, 0.29) is 4.90 Å². The molecule has 1 aliphatic heterocycles. The number of fused-ring (bicyclic) bond motifs is 2. The summed E-state index contributed by atoms with van der Waals surface area (Å²) in [6.07, 6.45) is 0. The largest absolute Gasteiger partial charge is 0.346 e. The van der Waals surface area contributed by atoms with E-state index < -0.39 is 9.84 Å². The zero-order valence-corrected chi connectivity index (χ0v) is 16.8. The summed E-state index contributed by atoms with van der Waals surface area (Å²) < 4.78 is 28.1. The van der Waals surface area contributed by atoms with Crippen LogP contribution in [0.2, 0.25) is 0 Å². The van der Waals surface area contributed by atoms with Crippen LogP contribution in [0.1, 0.15) is 0 Å². The van der Waals surface area contributed by atoms with Crippen molar-refractivity contribution in [2.24, 2.45) is 0 Å². The van der Waals surface area contributed by atoms with Crippen LogP contribution in [0, 0.1) is 0 Å². The van der Waals surface area contributed by atoms with Crippen LogP contribution in [-0.2, 0) is 9.84 Å². The quantitative estimate of drug-likeness (QED) is 0.559. The first-order chi connectivity index (χ1) is 13.6. The van der Waals surface area contributed by atoms with Gasteiger partial charge in [-0.25, -0.2) is 13.4 Å². The zero-order chi connectivity index (χ0) is 19.1. The lowest BCUT2D eigenvalue weighted by Crippen LogP contribution is -2.43. The summed E-state index contributed by atoms with van der Waals surface area (Å²) in [7, 11) is -3.70. The molecule has 1 N–H and O–H groups in total. The number of anilines is 1. The number of aromatic nitrogens is 1. The second kappa shape index (κ2) is 6.84. The molecule has 1 aliphatic rings. The highest BCUT2D eigenvalue weighted by molar-refractivity contribution is 7.92. The maximum atomic E-state index is 13.6. The smallest absolute Gasteiger partial charge is 0.209 e. The second-order valence-corrected chi connectivity index (χ2v) is 9.71. The number of nitrogens with one attached hydrogen (secondary N) is 1. The molecule has 2 heterocycles. The minimum atomic E-state index is -3.70. The van der Waals surface area contributed by atoms with Crippen molar-refractivity contribution < 1.29 is 8.42 Å². The lowest BCUT2D eigenvalue weighted by Gasteiger charge is -2.26. The molecule has 1 aromatic heterocycles. The van der Waals surface area contributed by atoms with Gasteiger partial charge in [-0.1, -0.05) is 53.8 Å². The van der Waals surface area contributed by atoms with Gasteiger partial charge < -0.3 is 10.2 Å². The van der Waals surface area contributed by atoms with Gasteiger partial charge in [-0.15, -0.1) is 0 Å². The molecular weight excluding hydrogens is 390 g/mol. The van der Waals surface area contributed by atoms with Gasteiger partial charge in [0.05, 0.1) is 14.5 Å². The second-order valence-electron chi connectivity index (χ2n) is 6.82. The van der Waals surface area contributed by atoms with Crippen molar-refractivity contribution in [1.29, 1.82) is 0 Å². The zero-order valence-electron chi connectivity index (χ0n) is 15.1. The number of piperazine rings is 1. The van der Waals surface area contributed by atoms with Crippen molar-refractivity contribution in [1.82, 2.24) is 10.3 Å². The standard InChI is InChI=1S/C21H19N3O2S2/c25-28(26,18-9-3-6-15-5-1-2-7-16(15)18)19-10-4-8-17-20(19)23-21(27-17)24-13-11-22-12-14-24/h1-10,22H,11-14H2. The van der Waals surface area contributed by atoms with E-state index in [0.29, 0.717) is 10.4 Å². The summed E-state index contributed by atoms with van der Waals surface area (Å²) >= 11 is 1.56. The first-order valence-corrected chi connectivity index (χ1v) is 11.5. The molecule has 1 fully saturated rings. The van der Waals surface area contributed by atoms with Crippen LogP contribution < -0.4 is 10.2 Å². The monoisotopic (exact) mass is 409 g/mol. The third-order valence-electron chi connectivity index (χ3n) is 5.09. The molecule has 5 rings (SSSR count). The average molecular weight is 410 g/mol. The van der Waals surface area contributed by atoms with E-state index in [1.165, 1.54) is 0 Å². The molecule has 0 saturated carbocycles. The van der Waals surface area contributed by atoms with Crippen LogP contribution in [0.15, 0.2) is 70.5 Å². The molecule has 0 atom stereocenters. The van der Waals surface area contributed by atoms with Gasteiger partial charge in [0.15, 0.2) is 5.13 Å². The normalized spacial score (nSPS) is 15.4. The summed E-state index contributed by atoms with van der Waals surface area (Å²) in [5.41, 5.74) is 0.564. The minimum Gasteiger partial charge on any atom is -0.346 e. The molecule has 7 heteroatoms. The predicted molar refractivity (Wildman–Crippen MR) is 114 cm³/mol. The Bertz CT molecular complexity index is 1270. The highest BCUT2D eigenvalue weighted by atomic mass is 32.2. The Labute approximate surface area is 167 Å². The number of para-hydroxylation sites is 1. The van der Waals surface area contributed by atoms with Crippen molar-refractivity contribution in [3.8, 4) is 0 Å². The number of rotatable bonds is 3. The third-order valence-corrected chi connectivity index (χ3v) is 8.01. The van der Waals surface area contributed by atoms with Crippen LogP contribution in [0.4, 0.5) is 5.13 Å². The van der Waals surface area contributed by atoms with Crippen LogP contribution in [0.25, 0.3) is 21.0 Å². The molecule has 0 radical (unpaired) electrons. The van der Waals surface area contributed by atoms with E-state index >= 15 is 0 Å². The summed E-state index contributed by atoms with van der Waals surface area (Å²) in [5.74, 6) is 0. The molecule has 0 unspecified atom stereocenters. The van der Waals surface area contributed by atoms with E-state index in [0.717, 1.165) is 46.8 Å². The van der Waals surface area contributed by atoms with Gasteiger partial charge in [0, 0.05) is 31.6 Å². The van der Waals surface area contributed by atoms with Crippen molar-refractivity contribution in [2.45, 2.75) is 9.79 Å². The van der Waals surface area contributed by atoms with Crippen LogP contribution in [0.3, 0.4) is 0 Å². The van der Waals surface area contributed by atoms with E-state index in [9.17, 15) is 8.42 Å². The van der Waals surface area contributed by atoms with Gasteiger partial charge in [0.25, 0.3) is 0 Å². The lowest BCUT2D eigenvalue weighted by atomic mass is 10.1. The topological polar surface area (TPSA) is 62.3 Å². The molecular formula is C21H19N3O2S2. The number of hydrogen-bond donors (Lipinski definition) is 1. The number of sulfone groups is 1. The Kier molecular flexibility index (Phi) is 4.30. The molecule has 1 saturated heterocycles. The highest BCUT2D eigenvalue weighted by Crippen LogP contribution is 2.36. The Morgan fingerprint density at radius 2 is 1.61 bits per heavy atom. The Balaban J connectivity index is 1.68. The fourth-order valence-electron chi connectivity index (χ4n) is 3.67. The molecule has 0 bridgehead atoms. The number of hydrogen-bond acceptors (Lipinski definition) is 6. The highest BCUT2D eigenvalue weighted by Gasteiger charge is 2.25. The summed E-state index contributed by atoms with van der Waals surface area (Å²) in [6.45, 7) is 3.59. The van der Waals surface area contributed by atoms with Crippen molar-refractivity contribution in [3.63, 3.8) is 0 Å². The first-order valence-electron chi connectivity index (χ1n) is 9.23. The van der Waals surface area contributed by atoms with Crippen LogP contribution >= 0.6 is 11.3 Å². The molecule has 4 aromatic rings. The number of benzene rings is 3. The average Bonchev–Trinajstić information content (AvgIpc) is 3.18. The first kappa shape index (κ1) is 17.6. The van der Waals surface area contributed by atoms with Gasteiger partial charge in [-0.2, -0.15) is 0 Å². The van der Waals surface area contributed by atoms with Crippen molar-refractivity contribution in [2.75, 3.05) is 31.1 Å². The van der Waals surface area contributed by atoms with Crippen LogP contribution in [0.5, 0.6) is 0 Å². The van der Waals surface area contributed by atoms with Crippen molar-refractivity contribution >= 4 is 47.3 Å². The van der Waals surface area contributed by atoms with E-state index in [1.54, 1.807) is 35.6 Å². The van der Waals surface area contributed by atoms with Gasteiger partial charge in [-0.05, 0) is 23.6 Å². The molecule has 5 nitrogen and oxygen atoms in total. The molecule has 0 aliphatic carbocycles. The SMILES string of the molecule is O=S(=O)(c1cccc2ccccc12)c1cccc2sc(N3CCNCC3)nc12. The number of nitrogens with zero attached hydrogens (tertiary/aromatic N) is 2. The third kappa shape index (κ3) is 2.87. The molecule has 28 heavy (non-hydrogen) atoms. The minimum absolute atomic E-state index is 0.277. The van der Waals surface area contributed by atoms with E-state index in [1.807, 2.05) is 36.4 Å². The fraction of sp³-hybridized carbons (Fsp3) is 0.190. The Hall–Kier alpha value is -2.48. The lowest BCUT2D eigenvalue weighted by molar-refractivity contribution is 0.588. The summed E-state index contributed by atoms with van der Waals surface area (Å²) in [4.78, 5) is 7.57. The molecule has 142 valence electrons. The van der Waals surface area contributed by atoms with E-state index in [4.69, 9.17) is 4.98 Å². The van der Waals surface area contributed by atoms with E-state index in [2.05, 4.69) is 10.2 Å². The fourth-order valence-corrected chi connectivity index (χ4v) is 6.41. The maximum Gasteiger partial charge on any atom is 0.209 e. The van der Waals surface area contributed by atoms with Gasteiger partial charge >= 0.3 is 0 Å². The van der Waals surface area contributed by atoms with Gasteiger partial charge in [0.2, 0.25) is 9.84 Å². The maximum absolute atomic E-state index is 13.6. The summed E-state index contributed by atoms with van der Waals surface area (Å²) in [6, 6.07) is 18.4. The van der Waals surface area contributed by atoms with Crippen LogP contribution in [-0.4, -0.2) is 39.6 Å². The number of thiazole rings is 1. The van der Waals surface area contributed by atoms with Gasteiger partial charge in [0.1, 0.15) is 5.52 Å². The molecule has 0 spiro atoms. The Morgan fingerprint density at radius 3 is 2.46 bits per heavy atom. The predicted octanol–water partition coefficient (Wildman–Crippen LogP) is 3.69. The summed E-state index contributed by atoms with van der Waals surface area (Å²) in [5, 5.41) is 5.87.